The quantitative estimate of drug-likeness (QED) is 0.557. The number of rotatable bonds is 6. The van der Waals surface area contributed by atoms with Crippen LogP contribution in [-0.2, 0) is 4.74 Å². The number of hydrogen-bond acceptors (Lipinski definition) is 4. The summed E-state index contributed by atoms with van der Waals surface area (Å²) in [5, 5.41) is 0. The Labute approximate surface area is 90.8 Å². The highest BCUT2D eigenvalue weighted by Crippen LogP contribution is 2.25. The van der Waals surface area contributed by atoms with E-state index in [-0.39, 0.29) is 6.04 Å². The summed E-state index contributed by atoms with van der Waals surface area (Å²) < 4.78 is 10.3. The molecule has 3 N–H and O–H groups in total. The predicted molar refractivity (Wildman–Crippen MR) is 59.2 cm³/mol. The van der Waals surface area contributed by atoms with E-state index < -0.39 is 0 Å². The molecule has 1 heterocycles. The van der Waals surface area contributed by atoms with Crippen molar-refractivity contribution in [2.75, 3.05) is 13.7 Å². The molecule has 1 aromatic rings. The topological polar surface area (TPSA) is 60.4 Å². The minimum absolute atomic E-state index is 0.123. The van der Waals surface area contributed by atoms with Crippen molar-refractivity contribution in [3.8, 4) is 0 Å². The molecule has 1 rings (SSSR count). The lowest BCUT2D eigenvalue weighted by molar-refractivity contribution is 0.170. The Morgan fingerprint density at radius 1 is 1.60 bits per heavy atom. The summed E-state index contributed by atoms with van der Waals surface area (Å²) in [6.07, 6.45) is 2.72. The highest BCUT2D eigenvalue weighted by Gasteiger charge is 2.19. The van der Waals surface area contributed by atoms with Gasteiger partial charge >= 0.3 is 0 Å². The Balaban J connectivity index is 2.62. The maximum atomic E-state index is 5.55. The molecule has 0 amide bonds. The summed E-state index contributed by atoms with van der Waals surface area (Å²) in [6, 6.07) is 2.13. The number of hydrogen-bond donors (Lipinski definition) is 2. The van der Waals surface area contributed by atoms with Gasteiger partial charge in [-0.05, 0) is 25.3 Å². The van der Waals surface area contributed by atoms with Crippen molar-refractivity contribution >= 4 is 0 Å². The number of nitrogens with two attached hydrogens (primary N) is 1. The lowest BCUT2D eigenvalue weighted by Gasteiger charge is -2.21. The molecule has 2 unspecified atom stereocenters. The second kappa shape index (κ2) is 5.90. The Bertz CT molecular complexity index is 286. The zero-order valence-electron chi connectivity index (χ0n) is 9.62. The number of ether oxygens (including phenoxy) is 1. The molecule has 2 atom stereocenters. The summed E-state index contributed by atoms with van der Waals surface area (Å²) >= 11 is 0. The Kier molecular flexibility index (Phi) is 4.81. The van der Waals surface area contributed by atoms with E-state index in [4.69, 9.17) is 15.0 Å². The fourth-order valence-electron chi connectivity index (χ4n) is 1.69. The molecule has 0 radical (unpaired) electrons. The van der Waals surface area contributed by atoms with Gasteiger partial charge in [0.05, 0.1) is 12.3 Å². The predicted octanol–water partition coefficient (Wildman–Crippen LogP) is 1.77. The van der Waals surface area contributed by atoms with Crippen LogP contribution in [0.2, 0.25) is 0 Å². The molecule has 0 aliphatic heterocycles. The van der Waals surface area contributed by atoms with Gasteiger partial charge in [0, 0.05) is 19.3 Å². The zero-order chi connectivity index (χ0) is 11.3. The lowest BCUT2D eigenvalue weighted by atomic mass is 9.94. The monoisotopic (exact) mass is 212 g/mol. The van der Waals surface area contributed by atoms with Crippen LogP contribution < -0.4 is 11.3 Å². The van der Waals surface area contributed by atoms with Gasteiger partial charge in [-0.2, -0.15) is 0 Å². The van der Waals surface area contributed by atoms with Crippen molar-refractivity contribution in [3.05, 3.63) is 23.7 Å². The van der Waals surface area contributed by atoms with Gasteiger partial charge in [0.1, 0.15) is 5.76 Å². The van der Waals surface area contributed by atoms with Crippen molar-refractivity contribution < 1.29 is 9.15 Å². The summed E-state index contributed by atoms with van der Waals surface area (Å²) in [5.41, 5.74) is 3.92. The minimum Gasteiger partial charge on any atom is -0.469 e. The molecule has 4 heteroatoms. The van der Waals surface area contributed by atoms with Gasteiger partial charge in [0.15, 0.2) is 0 Å². The molecule has 0 aromatic carbocycles. The van der Waals surface area contributed by atoms with Gasteiger partial charge in [-0.15, -0.1) is 0 Å². The summed E-state index contributed by atoms with van der Waals surface area (Å²) in [5.74, 6) is 6.87. The number of aryl methyl sites for hydroxylation is 1. The van der Waals surface area contributed by atoms with Crippen LogP contribution in [0, 0.1) is 12.8 Å². The van der Waals surface area contributed by atoms with Gasteiger partial charge in [-0.25, -0.2) is 0 Å². The van der Waals surface area contributed by atoms with E-state index in [0.717, 1.165) is 24.4 Å². The number of hydrazine groups is 1. The molecule has 0 fully saturated rings. The summed E-state index contributed by atoms with van der Waals surface area (Å²) in [4.78, 5) is 0. The molecule has 1 aromatic heterocycles. The highest BCUT2D eigenvalue weighted by molar-refractivity contribution is 5.16. The van der Waals surface area contributed by atoms with E-state index in [9.17, 15) is 0 Å². The first-order valence-electron chi connectivity index (χ1n) is 5.19. The van der Waals surface area contributed by atoms with Crippen LogP contribution in [0.15, 0.2) is 16.7 Å². The SMILES string of the molecule is COCCC(C)C(NN)c1coc(C)c1. The van der Waals surface area contributed by atoms with Crippen molar-refractivity contribution in [1.82, 2.24) is 5.43 Å². The third-order valence-corrected chi connectivity index (χ3v) is 2.64. The normalized spacial score (nSPS) is 15.2. The molecular weight excluding hydrogens is 192 g/mol. The van der Waals surface area contributed by atoms with Crippen molar-refractivity contribution in [3.63, 3.8) is 0 Å². The van der Waals surface area contributed by atoms with Crippen LogP contribution >= 0.6 is 0 Å². The van der Waals surface area contributed by atoms with Crippen LogP contribution in [0.1, 0.15) is 30.7 Å². The van der Waals surface area contributed by atoms with Gasteiger partial charge in [0.2, 0.25) is 0 Å². The fourth-order valence-corrected chi connectivity index (χ4v) is 1.69. The molecule has 0 aliphatic rings. The molecule has 0 bridgehead atoms. The molecule has 15 heavy (non-hydrogen) atoms. The standard InChI is InChI=1S/C11H20N2O2/c1-8(4-5-14-3)11(13-12)10-6-9(2)15-7-10/h6-8,11,13H,4-5,12H2,1-3H3. The molecule has 86 valence electrons. The minimum atomic E-state index is 0.123. The van der Waals surface area contributed by atoms with Crippen LogP contribution in [0.4, 0.5) is 0 Å². The first-order chi connectivity index (χ1) is 7.19. The van der Waals surface area contributed by atoms with Gasteiger partial charge in [0.25, 0.3) is 0 Å². The molecule has 0 spiro atoms. The van der Waals surface area contributed by atoms with Crippen molar-refractivity contribution in [1.29, 1.82) is 0 Å². The van der Waals surface area contributed by atoms with Crippen LogP contribution in [0.3, 0.4) is 0 Å². The zero-order valence-corrected chi connectivity index (χ0v) is 9.62. The maximum Gasteiger partial charge on any atom is 0.101 e. The molecule has 0 saturated heterocycles. The van der Waals surface area contributed by atoms with E-state index >= 15 is 0 Å². The van der Waals surface area contributed by atoms with Gasteiger partial charge < -0.3 is 9.15 Å². The third-order valence-electron chi connectivity index (χ3n) is 2.64. The van der Waals surface area contributed by atoms with Gasteiger partial charge in [-0.3, -0.25) is 11.3 Å². The van der Waals surface area contributed by atoms with Crippen molar-refractivity contribution in [2.24, 2.45) is 11.8 Å². The molecule has 0 saturated carbocycles. The lowest BCUT2D eigenvalue weighted by Crippen LogP contribution is -2.32. The average molecular weight is 212 g/mol. The van der Waals surface area contributed by atoms with Gasteiger partial charge in [-0.1, -0.05) is 6.92 Å². The van der Waals surface area contributed by atoms with E-state index in [2.05, 4.69) is 12.3 Å². The van der Waals surface area contributed by atoms with E-state index in [1.165, 1.54) is 0 Å². The summed E-state index contributed by atoms with van der Waals surface area (Å²) in [7, 11) is 1.71. The van der Waals surface area contributed by atoms with Crippen LogP contribution in [0.5, 0.6) is 0 Å². The number of furan rings is 1. The van der Waals surface area contributed by atoms with E-state index in [1.54, 1.807) is 13.4 Å². The molecule has 4 nitrogen and oxygen atoms in total. The summed E-state index contributed by atoms with van der Waals surface area (Å²) in [6.45, 7) is 4.82. The Morgan fingerprint density at radius 2 is 2.33 bits per heavy atom. The van der Waals surface area contributed by atoms with E-state index in [1.807, 2.05) is 13.0 Å². The smallest absolute Gasteiger partial charge is 0.101 e. The number of methoxy groups -OCH3 is 1. The Morgan fingerprint density at radius 3 is 2.80 bits per heavy atom. The van der Waals surface area contributed by atoms with E-state index in [0.29, 0.717) is 5.92 Å². The van der Waals surface area contributed by atoms with Crippen molar-refractivity contribution in [2.45, 2.75) is 26.3 Å². The molecular formula is C11H20N2O2. The first-order valence-corrected chi connectivity index (χ1v) is 5.19. The van der Waals surface area contributed by atoms with Crippen LogP contribution in [0.25, 0.3) is 0 Å². The largest absolute Gasteiger partial charge is 0.469 e. The maximum absolute atomic E-state index is 5.55. The highest BCUT2D eigenvalue weighted by atomic mass is 16.5. The molecule has 0 aliphatic carbocycles. The number of nitrogens with one attached hydrogen (secondary N) is 1. The second-order valence-corrected chi connectivity index (χ2v) is 3.89. The average Bonchev–Trinajstić information content (AvgIpc) is 2.63. The Hall–Kier alpha value is -0.840. The first kappa shape index (κ1) is 12.2. The second-order valence-electron chi connectivity index (χ2n) is 3.89. The third kappa shape index (κ3) is 3.34. The fraction of sp³-hybridized carbons (Fsp3) is 0.636. The van der Waals surface area contributed by atoms with Crippen LogP contribution in [-0.4, -0.2) is 13.7 Å².